The van der Waals surface area contributed by atoms with Crippen molar-refractivity contribution in [2.75, 3.05) is 0 Å². The number of furan rings is 1. The topological polar surface area (TPSA) is 57.0 Å². The first-order chi connectivity index (χ1) is 25.3. The third-order valence-corrected chi connectivity index (χ3v) is 10.5. The summed E-state index contributed by atoms with van der Waals surface area (Å²) in [6.45, 7) is 0. The fourth-order valence-corrected chi connectivity index (χ4v) is 8.27. The average molecular weight is 652 g/mol. The quantitative estimate of drug-likeness (QED) is 0.191. The summed E-state index contributed by atoms with van der Waals surface area (Å²) >= 11 is 0. The predicted octanol–water partition coefficient (Wildman–Crippen LogP) is 12.5. The molecule has 0 atom stereocenters. The monoisotopic (exact) mass is 651 g/mol. The van der Waals surface area contributed by atoms with Crippen LogP contribution in [0.25, 0.3) is 116 Å². The molecule has 5 nitrogen and oxygen atoms in total. The highest BCUT2D eigenvalue weighted by atomic mass is 16.3. The number of rotatable bonds is 3. The summed E-state index contributed by atoms with van der Waals surface area (Å²) in [5.41, 5.74) is 10.3. The maximum Gasteiger partial charge on any atom is 0.180 e. The molecule has 0 N–H and O–H groups in total. The van der Waals surface area contributed by atoms with Gasteiger partial charge >= 0.3 is 0 Å². The van der Waals surface area contributed by atoms with Crippen LogP contribution >= 0.6 is 0 Å². The van der Waals surface area contributed by atoms with Crippen LogP contribution in [0, 0.1) is 0 Å². The Morgan fingerprint density at radius 2 is 1.08 bits per heavy atom. The molecule has 5 heteroatoms. The van der Waals surface area contributed by atoms with Crippen molar-refractivity contribution >= 4 is 87.4 Å². The molecule has 8 aromatic carbocycles. The Morgan fingerprint density at radius 1 is 0.431 bits per heavy atom. The third kappa shape index (κ3) is 3.69. The maximum absolute atomic E-state index is 6.61. The smallest absolute Gasteiger partial charge is 0.180 e. The molecule has 0 saturated heterocycles. The molecule has 4 heterocycles. The van der Waals surface area contributed by atoms with Crippen molar-refractivity contribution in [3.8, 4) is 28.3 Å². The summed E-state index contributed by atoms with van der Waals surface area (Å²) in [6, 6.07) is 53.1. The Labute approximate surface area is 289 Å². The van der Waals surface area contributed by atoms with Crippen LogP contribution in [-0.4, -0.2) is 14.5 Å². The number of fused-ring (bicyclic) bond motifs is 4. The second-order valence-corrected chi connectivity index (χ2v) is 13.3. The summed E-state index contributed by atoms with van der Waals surface area (Å²) in [5.74, 6) is 0.670. The van der Waals surface area contributed by atoms with Crippen LogP contribution in [-0.2, 0) is 0 Å². The lowest BCUT2D eigenvalue weighted by molar-refractivity contribution is 0.664. The first-order valence-electron chi connectivity index (χ1n) is 17.2. The normalized spacial score (nSPS) is 12.3. The van der Waals surface area contributed by atoms with Crippen molar-refractivity contribution in [3.05, 3.63) is 152 Å². The van der Waals surface area contributed by atoms with Gasteiger partial charge in [0.1, 0.15) is 28.0 Å². The van der Waals surface area contributed by atoms with E-state index in [-0.39, 0.29) is 0 Å². The zero-order valence-electron chi connectivity index (χ0n) is 27.1. The van der Waals surface area contributed by atoms with Gasteiger partial charge in [-0.3, -0.25) is 0 Å². The van der Waals surface area contributed by atoms with Gasteiger partial charge in [-0.15, -0.1) is 0 Å². The van der Waals surface area contributed by atoms with Gasteiger partial charge in [0.05, 0.1) is 11.0 Å². The predicted molar refractivity (Wildman–Crippen MR) is 208 cm³/mol. The van der Waals surface area contributed by atoms with Crippen LogP contribution in [0.1, 0.15) is 0 Å². The van der Waals surface area contributed by atoms with E-state index >= 15 is 0 Å². The first-order valence-corrected chi connectivity index (χ1v) is 17.2. The van der Waals surface area contributed by atoms with Crippen LogP contribution in [0.5, 0.6) is 0 Å². The van der Waals surface area contributed by atoms with Gasteiger partial charge in [0.25, 0.3) is 0 Å². The largest absolute Gasteiger partial charge is 0.456 e. The molecule has 12 rings (SSSR count). The minimum atomic E-state index is 0.670. The lowest BCUT2D eigenvalue weighted by Gasteiger charge is -2.11. The van der Waals surface area contributed by atoms with Crippen LogP contribution in [0.3, 0.4) is 0 Å². The molecule has 0 unspecified atom stereocenters. The van der Waals surface area contributed by atoms with Crippen LogP contribution in [0.15, 0.2) is 160 Å². The Hall–Kier alpha value is -6.98. The summed E-state index contributed by atoms with van der Waals surface area (Å²) in [7, 11) is 0. The van der Waals surface area contributed by atoms with Crippen molar-refractivity contribution in [1.29, 1.82) is 0 Å². The highest BCUT2D eigenvalue weighted by Gasteiger charge is 2.22. The maximum atomic E-state index is 6.61. The van der Waals surface area contributed by atoms with Gasteiger partial charge in [0.2, 0.25) is 0 Å². The van der Waals surface area contributed by atoms with Gasteiger partial charge in [-0.2, -0.15) is 0 Å². The molecule has 0 spiro atoms. The molecule has 51 heavy (non-hydrogen) atoms. The Kier molecular flexibility index (Phi) is 5.17. The zero-order valence-corrected chi connectivity index (χ0v) is 27.1. The molecule has 4 aromatic heterocycles. The van der Waals surface area contributed by atoms with Gasteiger partial charge in [-0.1, -0.05) is 97.1 Å². The molecule has 0 fully saturated rings. The molecule has 236 valence electrons. The highest BCUT2D eigenvalue weighted by Crippen LogP contribution is 2.45. The van der Waals surface area contributed by atoms with Crippen molar-refractivity contribution in [2.45, 2.75) is 0 Å². The van der Waals surface area contributed by atoms with E-state index in [4.69, 9.17) is 18.8 Å². The minimum absolute atomic E-state index is 0.670. The van der Waals surface area contributed by atoms with Crippen LogP contribution in [0.4, 0.5) is 0 Å². The number of aromatic nitrogens is 3. The van der Waals surface area contributed by atoms with E-state index in [1.807, 2.05) is 36.4 Å². The fourth-order valence-electron chi connectivity index (χ4n) is 8.27. The van der Waals surface area contributed by atoms with Crippen molar-refractivity contribution in [1.82, 2.24) is 14.5 Å². The standard InChI is InChI=1S/C46H25N3O2/c1-2-8-28(9-3-1)43-45-44(33-12-4-5-13-36(33)51-45)48-46(47-43)31-17-16-30-25-32(21-18-29(30)24-31)49-34-22-19-26-10-6-14-37-39(26)41(34)42-35(49)23-20-27-11-7-15-38(50-37)40(27)42/h1-25H. The van der Waals surface area contributed by atoms with E-state index in [1.54, 1.807) is 0 Å². The molecule has 0 bridgehead atoms. The van der Waals surface area contributed by atoms with Gasteiger partial charge < -0.3 is 13.4 Å². The molecule has 0 aliphatic rings. The van der Waals surface area contributed by atoms with Crippen molar-refractivity contribution < 1.29 is 8.83 Å². The molecule has 0 saturated carbocycles. The average Bonchev–Trinajstić information content (AvgIpc) is 3.68. The lowest BCUT2D eigenvalue weighted by atomic mass is 10.00. The molecule has 0 aliphatic heterocycles. The van der Waals surface area contributed by atoms with E-state index < -0.39 is 0 Å². The van der Waals surface area contributed by atoms with Crippen molar-refractivity contribution in [2.24, 2.45) is 0 Å². The molecular weight excluding hydrogens is 627 g/mol. The van der Waals surface area contributed by atoms with E-state index in [2.05, 4.69) is 120 Å². The SMILES string of the molecule is c1ccc(-c2nc(-c3ccc4cc(-n5c6ccc7cccc8oc9cccc%10ccc5c(c%109)c6c78)ccc4c3)nc3c2oc2ccccc23)cc1. The summed E-state index contributed by atoms with van der Waals surface area (Å²) in [4.78, 5) is 10.2. The van der Waals surface area contributed by atoms with Gasteiger partial charge in [-0.25, -0.2) is 9.97 Å². The number of nitrogens with zero attached hydrogens (tertiary/aromatic N) is 3. The number of para-hydroxylation sites is 1. The Morgan fingerprint density at radius 3 is 1.84 bits per heavy atom. The van der Waals surface area contributed by atoms with E-state index in [9.17, 15) is 0 Å². The molecular formula is C46H25N3O2. The second kappa shape index (κ2) is 9.80. The van der Waals surface area contributed by atoms with Crippen LogP contribution in [0.2, 0.25) is 0 Å². The Balaban J connectivity index is 1.07. The molecule has 0 radical (unpaired) electrons. The van der Waals surface area contributed by atoms with Crippen molar-refractivity contribution in [3.63, 3.8) is 0 Å². The lowest BCUT2D eigenvalue weighted by Crippen LogP contribution is -1.95. The zero-order chi connectivity index (χ0) is 33.2. The first kappa shape index (κ1) is 26.9. The number of hydrogen-bond acceptors (Lipinski definition) is 4. The van der Waals surface area contributed by atoms with Gasteiger partial charge in [0, 0.05) is 43.7 Å². The fraction of sp³-hybridized carbons (Fsp3) is 0. The Bertz CT molecular complexity index is 3260. The third-order valence-electron chi connectivity index (χ3n) is 10.5. The summed E-state index contributed by atoms with van der Waals surface area (Å²) in [6.07, 6.45) is 0. The van der Waals surface area contributed by atoms with Crippen LogP contribution < -0.4 is 0 Å². The van der Waals surface area contributed by atoms with E-state index in [0.29, 0.717) is 11.4 Å². The van der Waals surface area contributed by atoms with E-state index in [1.165, 1.54) is 21.5 Å². The highest BCUT2D eigenvalue weighted by molar-refractivity contribution is 6.33. The summed E-state index contributed by atoms with van der Waals surface area (Å²) in [5, 5.41) is 10.4. The molecule has 0 aliphatic carbocycles. The van der Waals surface area contributed by atoms with Gasteiger partial charge in [-0.05, 0) is 76.1 Å². The van der Waals surface area contributed by atoms with Gasteiger partial charge in [0.15, 0.2) is 11.4 Å². The second-order valence-electron chi connectivity index (χ2n) is 13.3. The number of benzene rings is 8. The molecule has 0 amide bonds. The minimum Gasteiger partial charge on any atom is -0.456 e. The number of hydrogen-bond donors (Lipinski definition) is 0. The molecule has 12 aromatic rings. The van der Waals surface area contributed by atoms with E-state index in [0.717, 1.165) is 82.7 Å². The summed E-state index contributed by atoms with van der Waals surface area (Å²) < 4.78 is 15.4.